The molecule has 0 fully saturated rings. The van der Waals surface area contributed by atoms with E-state index < -0.39 is 0 Å². The molecule has 0 bridgehead atoms. The third kappa shape index (κ3) is 7.35. The van der Waals surface area contributed by atoms with Gasteiger partial charge in [0.05, 0.1) is 0 Å². The molecule has 0 aliphatic carbocycles. The molecule has 0 aliphatic rings. The Morgan fingerprint density at radius 1 is 1.05 bits per heavy atom. The van der Waals surface area contributed by atoms with E-state index in [1.54, 1.807) is 0 Å². The highest BCUT2D eigenvalue weighted by molar-refractivity contribution is 7.99. The van der Waals surface area contributed by atoms with Gasteiger partial charge in [-0.3, -0.25) is 0 Å². The molecule has 1 N–H and O–H groups in total. The molecule has 0 saturated carbocycles. The van der Waals surface area contributed by atoms with E-state index in [-0.39, 0.29) is 0 Å². The Balaban J connectivity index is 2.12. The van der Waals surface area contributed by atoms with Crippen LogP contribution in [0.1, 0.15) is 64.9 Å². The van der Waals surface area contributed by atoms with Gasteiger partial charge in [-0.25, -0.2) is 0 Å². The van der Waals surface area contributed by atoms with Crippen LogP contribution >= 0.6 is 11.8 Å². The maximum absolute atomic E-state index is 3.55. The lowest BCUT2D eigenvalue weighted by Crippen LogP contribution is -2.26. The molecule has 1 rings (SSSR count). The van der Waals surface area contributed by atoms with E-state index in [4.69, 9.17) is 0 Å². The number of hydrogen-bond acceptors (Lipinski definition) is 2. The zero-order chi connectivity index (χ0) is 14.8. The molecule has 0 spiro atoms. The van der Waals surface area contributed by atoms with Crippen molar-refractivity contribution in [1.29, 1.82) is 0 Å². The van der Waals surface area contributed by atoms with E-state index in [9.17, 15) is 0 Å². The molecular formula is C18H31NS. The van der Waals surface area contributed by atoms with Crippen LogP contribution in [-0.2, 0) is 0 Å². The fourth-order valence-corrected chi connectivity index (χ4v) is 3.10. The fourth-order valence-electron chi connectivity index (χ4n) is 2.18. The van der Waals surface area contributed by atoms with Crippen LogP contribution < -0.4 is 5.32 Å². The van der Waals surface area contributed by atoms with Crippen LogP contribution in [0.5, 0.6) is 0 Å². The Bertz CT molecular complexity index is 345. The summed E-state index contributed by atoms with van der Waals surface area (Å²) in [5.41, 5.74) is 1.44. The predicted octanol–water partition coefficient (Wildman–Crippen LogP) is 5.46. The topological polar surface area (TPSA) is 12.0 Å². The maximum atomic E-state index is 3.55. The van der Waals surface area contributed by atoms with Crippen molar-refractivity contribution in [3.63, 3.8) is 0 Å². The van der Waals surface area contributed by atoms with E-state index in [0.717, 1.165) is 6.54 Å². The fraction of sp³-hybridized carbons (Fsp3) is 0.667. The molecule has 1 aromatic carbocycles. The SMILES string of the molecule is CCCNC(C)CCCCSc1ccc(C(C)C)cc1. The zero-order valence-corrected chi connectivity index (χ0v) is 14.4. The molecule has 114 valence electrons. The second kappa shape index (κ2) is 10.3. The average molecular weight is 294 g/mol. The van der Waals surface area contributed by atoms with Gasteiger partial charge in [-0.05, 0) is 62.1 Å². The normalized spacial score (nSPS) is 12.8. The Morgan fingerprint density at radius 3 is 2.35 bits per heavy atom. The maximum Gasteiger partial charge on any atom is 0.00721 e. The summed E-state index contributed by atoms with van der Waals surface area (Å²) >= 11 is 1.99. The smallest absolute Gasteiger partial charge is 0.00721 e. The number of nitrogens with one attached hydrogen (secondary N) is 1. The third-order valence-corrected chi connectivity index (χ3v) is 4.69. The molecule has 20 heavy (non-hydrogen) atoms. The number of benzene rings is 1. The summed E-state index contributed by atoms with van der Waals surface area (Å²) in [6.07, 6.45) is 5.17. The highest BCUT2D eigenvalue weighted by atomic mass is 32.2. The molecular weight excluding hydrogens is 262 g/mol. The van der Waals surface area contributed by atoms with Crippen molar-refractivity contribution in [2.24, 2.45) is 0 Å². The molecule has 0 radical (unpaired) electrons. The largest absolute Gasteiger partial charge is 0.314 e. The van der Waals surface area contributed by atoms with E-state index >= 15 is 0 Å². The second-order valence-electron chi connectivity index (χ2n) is 5.92. The number of hydrogen-bond donors (Lipinski definition) is 1. The van der Waals surface area contributed by atoms with Crippen LogP contribution in [-0.4, -0.2) is 18.3 Å². The summed E-state index contributed by atoms with van der Waals surface area (Å²) in [4.78, 5) is 1.41. The molecule has 0 aliphatic heterocycles. The van der Waals surface area contributed by atoms with Crippen molar-refractivity contribution in [2.45, 2.75) is 70.2 Å². The minimum absolute atomic E-state index is 0.631. The molecule has 1 nitrogen and oxygen atoms in total. The quantitative estimate of drug-likeness (QED) is 0.454. The van der Waals surface area contributed by atoms with Crippen molar-refractivity contribution < 1.29 is 0 Å². The summed E-state index contributed by atoms with van der Waals surface area (Å²) in [6.45, 7) is 10.2. The van der Waals surface area contributed by atoms with Gasteiger partial charge in [0.15, 0.2) is 0 Å². The van der Waals surface area contributed by atoms with Crippen LogP contribution in [0.3, 0.4) is 0 Å². The Labute approximate surface area is 129 Å². The second-order valence-corrected chi connectivity index (χ2v) is 7.09. The van der Waals surface area contributed by atoms with E-state index in [2.05, 4.69) is 57.3 Å². The van der Waals surface area contributed by atoms with Gasteiger partial charge in [0.25, 0.3) is 0 Å². The van der Waals surface area contributed by atoms with Crippen LogP contribution in [0.25, 0.3) is 0 Å². The summed E-state index contributed by atoms with van der Waals surface area (Å²) in [5.74, 6) is 1.87. The minimum Gasteiger partial charge on any atom is -0.314 e. The van der Waals surface area contributed by atoms with E-state index in [1.807, 2.05) is 11.8 Å². The zero-order valence-electron chi connectivity index (χ0n) is 13.6. The predicted molar refractivity (Wildman–Crippen MR) is 92.9 cm³/mol. The van der Waals surface area contributed by atoms with Crippen molar-refractivity contribution in [3.05, 3.63) is 29.8 Å². The number of thioether (sulfide) groups is 1. The number of unbranched alkanes of at least 4 members (excludes halogenated alkanes) is 1. The van der Waals surface area contributed by atoms with Crippen molar-refractivity contribution in [3.8, 4) is 0 Å². The van der Waals surface area contributed by atoms with Crippen LogP contribution in [0, 0.1) is 0 Å². The summed E-state index contributed by atoms with van der Waals surface area (Å²) in [7, 11) is 0. The molecule has 0 aromatic heterocycles. The first-order chi connectivity index (χ1) is 9.63. The molecule has 1 unspecified atom stereocenters. The lowest BCUT2D eigenvalue weighted by atomic mass is 10.0. The van der Waals surface area contributed by atoms with Gasteiger partial charge in [-0.2, -0.15) is 0 Å². The van der Waals surface area contributed by atoms with Gasteiger partial charge >= 0.3 is 0 Å². The van der Waals surface area contributed by atoms with Crippen molar-refractivity contribution in [1.82, 2.24) is 5.32 Å². The summed E-state index contributed by atoms with van der Waals surface area (Å²) in [5, 5.41) is 3.55. The summed E-state index contributed by atoms with van der Waals surface area (Å²) in [6, 6.07) is 9.75. The molecule has 0 saturated heterocycles. The molecule has 0 heterocycles. The molecule has 1 atom stereocenters. The van der Waals surface area contributed by atoms with Crippen LogP contribution in [0.2, 0.25) is 0 Å². The van der Waals surface area contributed by atoms with Gasteiger partial charge in [-0.1, -0.05) is 39.3 Å². The van der Waals surface area contributed by atoms with Crippen LogP contribution in [0.4, 0.5) is 0 Å². The van der Waals surface area contributed by atoms with E-state index in [0.29, 0.717) is 12.0 Å². The lowest BCUT2D eigenvalue weighted by Gasteiger charge is -2.12. The first-order valence-corrected chi connectivity index (χ1v) is 9.08. The van der Waals surface area contributed by atoms with Gasteiger partial charge in [0.2, 0.25) is 0 Å². The highest BCUT2D eigenvalue weighted by Crippen LogP contribution is 2.22. The Kier molecular flexibility index (Phi) is 9.04. The van der Waals surface area contributed by atoms with Crippen molar-refractivity contribution in [2.75, 3.05) is 12.3 Å². The Hall–Kier alpha value is -0.470. The summed E-state index contributed by atoms with van der Waals surface area (Å²) < 4.78 is 0. The molecule has 1 aromatic rings. The molecule has 0 amide bonds. The van der Waals surface area contributed by atoms with Crippen LogP contribution in [0.15, 0.2) is 29.2 Å². The minimum atomic E-state index is 0.631. The standard InChI is InChI=1S/C18H31NS/c1-5-13-19-16(4)8-6-7-14-20-18-11-9-17(10-12-18)15(2)3/h9-12,15-16,19H,5-8,13-14H2,1-4H3. The monoisotopic (exact) mass is 293 g/mol. The first-order valence-electron chi connectivity index (χ1n) is 8.09. The van der Waals surface area contributed by atoms with E-state index in [1.165, 1.54) is 41.9 Å². The van der Waals surface area contributed by atoms with Crippen molar-refractivity contribution >= 4 is 11.8 Å². The average Bonchev–Trinajstić information content (AvgIpc) is 2.45. The van der Waals surface area contributed by atoms with Gasteiger partial charge < -0.3 is 5.32 Å². The lowest BCUT2D eigenvalue weighted by molar-refractivity contribution is 0.496. The van der Waals surface area contributed by atoms with Gasteiger partial charge in [-0.15, -0.1) is 11.8 Å². The Morgan fingerprint density at radius 2 is 1.75 bits per heavy atom. The highest BCUT2D eigenvalue weighted by Gasteiger charge is 2.01. The van der Waals surface area contributed by atoms with Gasteiger partial charge in [0.1, 0.15) is 0 Å². The van der Waals surface area contributed by atoms with Gasteiger partial charge in [0, 0.05) is 10.9 Å². The third-order valence-electron chi connectivity index (χ3n) is 3.59. The first kappa shape index (κ1) is 17.6. The molecule has 2 heteroatoms. The number of rotatable bonds is 10.